The Labute approximate surface area is 85.0 Å². The van der Waals surface area contributed by atoms with E-state index in [1.165, 1.54) is 0 Å². The number of aliphatic hydroxyl groups excluding tert-OH is 1. The van der Waals surface area contributed by atoms with E-state index in [-0.39, 0.29) is 21.2 Å². The summed E-state index contributed by atoms with van der Waals surface area (Å²) < 4.78 is 14.7. The molecule has 0 aliphatic carbocycles. The second kappa shape index (κ2) is 6.66. The monoisotopic (exact) mass is 212 g/mol. The molecule has 1 N–H and O–H groups in total. The van der Waals surface area contributed by atoms with E-state index >= 15 is 0 Å². The van der Waals surface area contributed by atoms with E-state index in [0.717, 1.165) is 5.56 Å². The maximum absolute atomic E-state index is 10.0. The van der Waals surface area contributed by atoms with Crippen molar-refractivity contribution in [2.24, 2.45) is 0 Å². The zero-order chi connectivity index (χ0) is 10.2. The summed E-state index contributed by atoms with van der Waals surface area (Å²) in [5, 5.41) is 9.14. The van der Waals surface area contributed by atoms with E-state index in [2.05, 4.69) is 0 Å². The van der Waals surface area contributed by atoms with Crippen molar-refractivity contribution in [1.29, 1.82) is 0 Å². The smallest absolute Gasteiger partial charge is 0.327 e. The summed E-state index contributed by atoms with van der Waals surface area (Å²) in [4.78, 5) is 0. The third-order valence-corrected chi connectivity index (χ3v) is 2.39. The van der Waals surface area contributed by atoms with Gasteiger partial charge in [0, 0.05) is 5.92 Å². The van der Waals surface area contributed by atoms with Crippen LogP contribution >= 0.6 is 8.69 Å². The normalized spacial score (nSPS) is 12.9. The van der Waals surface area contributed by atoms with E-state index in [1.807, 2.05) is 30.3 Å². The van der Waals surface area contributed by atoms with Crippen LogP contribution in [0.4, 0.5) is 0 Å². The summed E-state index contributed by atoms with van der Waals surface area (Å²) in [6, 6.07) is 9.74. The third-order valence-electron chi connectivity index (χ3n) is 2.10. The van der Waals surface area contributed by atoms with Crippen LogP contribution in [0, 0.1) is 0 Å². The Kier molecular flexibility index (Phi) is 5.38. The van der Waals surface area contributed by atoms with Gasteiger partial charge >= 0.3 is 8.69 Å². The Morgan fingerprint density at radius 2 is 2.07 bits per heavy atom. The molecule has 0 radical (unpaired) electrons. The van der Waals surface area contributed by atoms with Crippen molar-refractivity contribution < 1.29 is 14.2 Å². The SMILES string of the molecule is O=POCCC(CO)c1ccccc1. The van der Waals surface area contributed by atoms with Gasteiger partial charge in [0.05, 0.1) is 13.2 Å². The van der Waals surface area contributed by atoms with Gasteiger partial charge in [0.25, 0.3) is 0 Å². The summed E-state index contributed by atoms with van der Waals surface area (Å²) in [5.74, 6) is 0.0675. The standard InChI is InChI=1S/C10H13O3P/c11-8-10(6-7-13-14-12)9-4-2-1-3-5-9/h1-5,10-11H,6-8H2. The third kappa shape index (κ3) is 3.54. The molecule has 3 nitrogen and oxygen atoms in total. The lowest BCUT2D eigenvalue weighted by Gasteiger charge is -2.12. The molecule has 0 amide bonds. The van der Waals surface area contributed by atoms with Crippen LogP contribution in [0.25, 0.3) is 0 Å². The summed E-state index contributed by atoms with van der Waals surface area (Å²) in [5.41, 5.74) is 1.08. The maximum atomic E-state index is 10.0. The van der Waals surface area contributed by atoms with Gasteiger partial charge < -0.3 is 5.11 Å². The van der Waals surface area contributed by atoms with Gasteiger partial charge in [-0.1, -0.05) is 30.3 Å². The predicted octanol–water partition coefficient (Wildman–Crippen LogP) is 2.38. The van der Waals surface area contributed by atoms with Gasteiger partial charge in [-0.15, -0.1) is 0 Å². The van der Waals surface area contributed by atoms with Gasteiger partial charge in [-0.3, -0.25) is 4.52 Å². The Morgan fingerprint density at radius 1 is 1.36 bits per heavy atom. The van der Waals surface area contributed by atoms with Gasteiger partial charge in [-0.05, 0) is 12.0 Å². The zero-order valence-corrected chi connectivity index (χ0v) is 8.69. The fourth-order valence-electron chi connectivity index (χ4n) is 1.32. The van der Waals surface area contributed by atoms with E-state index in [9.17, 15) is 4.57 Å². The Bertz CT molecular complexity index is 263. The van der Waals surface area contributed by atoms with Crippen molar-refractivity contribution in [3.63, 3.8) is 0 Å². The van der Waals surface area contributed by atoms with Crippen LogP contribution in [0.3, 0.4) is 0 Å². The lowest BCUT2D eigenvalue weighted by molar-refractivity contribution is 0.235. The van der Waals surface area contributed by atoms with E-state index in [4.69, 9.17) is 9.63 Å². The van der Waals surface area contributed by atoms with E-state index in [1.54, 1.807) is 0 Å². The molecule has 1 atom stereocenters. The van der Waals surface area contributed by atoms with Crippen LogP contribution in [-0.2, 0) is 9.09 Å². The van der Waals surface area contributed by atoms with Crippen LogP contribution in [0.1, 0.15) is 17.9 Å². The van der Waals surface area contributed by atoms with Gasteiger partial charge in [0.2, 0.25) is 0 Å². The van der Waals surface area contributed by atoms with Crippen LogP contribution in [0.5, 0.6) is 0 Å². The summed E-state index contributed by atoms with van der Waals surface area (Å²) in [6.07, 6.45) is 0.676. The molecule has 1 aromatic rings. The van der Waals surface area contributed by atoms with Crippen LogP contribution < -0.4 is 0 Å². The van der Waals surface area contributed by atoms with Crippen molar-refractivity contribution in [1.82, 2.24) is 0 Å². The molecule has 0 spiro atoms. The van der Waals surface area contributed by atoms with Crippen molar-refractivity contribution in [3.8, 4) is 0 Å². The molecule has 0 aliphatic heterocycles. The van der Waals surface area contributed by atoms with Gasteiger partial charge in [-0.25, -0.2) is 4.57 Å². The topological polar surface area (TPSA) is 46.5 Å². The molecule has 1 unspecified atom stereocenters. The highest BCUT2D eigenvalue weighted by atomic mass is 31.1. The second-order valence-electron chi connectivity index (χ2n) is 2.99. The molecule has 0 aromatic heterocycles. The summed E-state index contributed by atoms with van der Waals surface area (Å²) in [6.45, 7) is 0.480. The van der Waals surface area contributed by atoms with Crippen molar-refractivity contribution in [3.05, 3.63) is 35.9 Å². The molecule has 76 valence electrons. The molecule has 0 fully saturated rings. The number of aliphatic hydroxyl groups is 1. The quantitative estimate of drug-likeness (QED) is 0.581. The molecule has 0 aliphatic rings. The highest BCUT2D eigenvalue weighted by molar-refractivity contribution is 7.17. The number of hydrogen-bond donors (Lipinski definition) is 1. The number of rotatable bonds is 6. The molecular weight excluding hydrogens is 199 g/mol. The van der Waals surface area contributed by atoms with Crippen LogP contribution in [0.15, 0.2) is 30.3 Å². The maximum Gasteiger partial charge on any atom is 0.327 e. The molecule has 1 aromatic carbocycles. The average molecular weight is 212 g/mol. The first-order valence-electron chi connectivity index (χ1n) is 4.49. The minimum Gasteiger partial charge on any atom is -0.396 e. The molecule has 0 saturated carbocycles. The van der Waals surface area contributed by atoms with E-state index < -0.39 is 0 Å². The zero-order valence-electron chi connectivity index (χ0n) is 7.80. The first-order valence-corrected chi connectivity index (χ1v) is 5.22. The predicted molar refractivity (Wildman–Crippen MR) is 54.4 cm³/mol. The number of hydrogen-bond acceptors (Lipinski definition) is 3. The van der Waals surface area contributed by atoms with Crippen LogP contribution in [-0.4, -0.2) is 18.3 Å². The summed E-state index contributed by atoms with van der Waals surface area (Å²) in [7, 11) is -0.299. The fourth-order valence-corrected chi connectivity index (χ4v) is 1.50. The fraction of sp³-hybridized carbons (Fsp3) is 0.400. The lowest BCUT2D eigenvalue weighted by atomic mass is 9.97. The van der Waals surface area contributed by atoms with Gasteiger partial charge in [-0.2, -0.15) is 0 Å². The minimum atomic E-state index is -0.299. The average Bonchev–Trinajstić information content (AvgIpc) is 2.26. The lowest BCUT2D eigenvalue weighted by Crippen LogP contribution is -2.06. The molecule has 0 saturated heterocycles. The van der Waals surface area contributed by atoms with Crippen LogP contribution in [0.2, 0.25) is 0 Å². The van der Waals surface area contributed by atoms with Crippen molar-refractivity contribution in [2.45, 2.75) is 12.3 Å². The van der Waals surface area contributed by atoms with E-state index in [0.29, 0.717) is 13.0 Å². The first kappa shape index (κ1) is 11.3. The Morgan fingerprint density at radius 3 is 2.64 bits per heavy atom. The highest BCUT2D eigenvalue weighted by Gasteiger charge is 2.09. The molecular formula is C10H13O3P. The molecule has 0 heterocycles. The second-order valence-corrected chi connectivity index (χ2v) is 3.39. The Hall–Kier alpha value is -0.760. The molecule has 4 heteroatoms. The number of benzene rings is 1. The molecule has 14 heavy (non-hydrogen) atoms. The van der Waals surface area contributed by atoms with Crippen molar-refractivity contribution >= 4 is 8.69 Å². The van der Waals surface area contributed by atoms with Gasteiger partial charge in [0.15, 0.2) is 0 Å². The largest absolute Gasteiger partial charge is 0.396 e. The van der Waals surface area contributed by atoms with Crippen molar-refractivity contribution in [2.75, 3.05) is 13.2 Å². The Balaban J connectivity index is 2.50. The molecule has 1 rings (SSSR count). The molecule has 0 bridgehead atoms. The highest BCUT2D eigenvalue weighted by Crippen LogP contribution is 2.19. The summed E-state index contributed by atoms with van der Waals surface area (Å²) >= 11 is 0. The first-order chi connectivity index (χ1) is 6.88. The minimum absolute atomic E-state index is 0.0675. The van der Waals surface area contributed by atoms with Gasteiger partial charge in [0.1, 0.15) is 0 Å².